The van der Waals surface area contributed by atoms with Crippen LogP contribution in [0.1, 0.15) is 0 Å². The molecule has 40 heavy (non-hydrogen) atoms. The van der Waals surface area contributed by atoms with Gasteiger partial charge in [0.1, 0.15) is 0 Å². The molecule has 0 amide bonds. The second kappa shape index (κ2) is 10.5. The SMILES string of the molecule is Brc1ccc(N(c2ccc(-c3ccccc3)cc2)c2ccc(-c3cc4ccccc4c4ccccc34)cc2)cc1. The molecule has 7 aromatic carbocycles. The van der Waals surface area contributed by atoms with Crippen molar-refractivity contribution in [2.75, 3.05) is 4.90 Å². The first kappa shape index (κ1) is 24.4. The van der Waals surface area contributed by atoms with Crippen molar-refractivity contribution in [1.82, 2.24) is 0 Å². The predicted octanol–water partition coefficient (Wildman–Crippen LogP) is 11.6. The number of rotatable bonds is 5. The minimum Gasteiger partial charge on any atom is -0.311 e. The van der Waals surface area contributed by atoms with E-state index in [4.69, 9.17) is 0 Å². The summed E-state index contributed by atoms with van der Waals surface area (Å²) in [6.45, 7) is 0. The fourth-order valence-corrected chi connectivity index (χ4v) is 5.82. The molecule has 0 aliphatic heterocycles. The Bertz CT molecular complexity index is 1920. The number of benzene rings is 7. The summed E-state index contributed by atoms with van der Waals surface area (Å²) in [5.74, 6) is 0. The topological polar surface area (TPSA) is 3.24 Å². The Morgan fingerprint density at radius 2 is 0.850 bits per heavy atom. The van der Waals surface area contributed by atoms with E-state index in [0.717, 1.165) is 21.5 Å². The van der Waals surface area contributed by atoms with Crippen LogP contribution >= 0.6 is 15.9 Å². The van der Waals surface area contributed by atoms with Crippen LogP contribution in [0.5, 0.6) is 0 Å². The maximum absolute atomic E-state index is 3.60. The molecule has 1 nitrogen and oxygen atoms in total. The lowest BCUT2D eigenvalue weighted by atomic mass is 9.93. The van der Waals surface area contributed by atoms with Crippen LogP contribution in [0, 0.1) is 0 Å². The van der Waals surface area contributed by atoms with Gasteiger partial charge in [0.15, 0.2) is 0 Å². The smallest absolute Gasteiger partial charge is 0.0462 e. The highest BCUT2D eigenvalue weighted by Gasteiger charge is 2.14. The molecule has 190 valence electrons. The molecular weight excluding hydrogens is 550 g/mol. The van der Waals surface area contributed by atoms with E-state index in [2.05, 4.69) is 179 Å². The van der Waals surface area contributed by atoms with Crippen molar-refractivity contribution in [1.29, 1.82) is 0 Å². The average molecular weight is 577 g/mol. The molecule has 7 rings (SSSR count). The van der Waals surface area contributed by atoms with Crippen molar-refractivity contribution in [2.24, 2.45) is 0 Å². The van der Waals surface area contributed by atoms with Crippen molar-refractivity contribution in [3.63, 3.8) is 0 Å². The number of hydrogen-bond acceptors (Lipinski definition) is 1. The normalized spacial score (nSPS) is 11.1. The van der Waals surface area contributed by atoms with Gasteiger partial charge in [-0.05, 0) is 98.4 Å². The van der Waals surface area contributed by atoms with Crippen molar-refractivity contribution < 1.29 is 0 Å². The van der Waals surface area contributed by atoms with E-state index in [-0.39, 0.29) is 0 Å². The van der Waals surface area contributed by atoms with Gasteiger partial charge in [-0.3, -0.25) is 0 Å². The van der Waals surface area contributed by atoms with Gasteiger partial charge in [-0.1, -0.05) is 119 Å². The van der Waals surface area contributed by atoms with Crippen LogP contribution < -0.4 is 4.90 Å². The van der Waals surface area contributed by atoms with Crippen molar-refractivity contribution in [2.45, 2.75) is 0 Å². The Kier molecular flexibility index (Phi) is 6.39. The summed E-state index contributed by atoms with van der Waals surface area (Å²) in [4.78, 5) is 2.31. The van der Waals surface area contributed by atoms with Crippen LogP contribution in [0.3, 0.4) is 0 Å². The molecule has 0 aliphatic carbocycles. The zero-order valence-corrected chi connectivity index (χ0v) is 23.4. The third-order valence-electron chi connectivity index (χ3n) is 7.52. The summed E-state index contributed by atoms with van der Waals surface area (Å²) < 4.78 is 1.06. The zero-order valence-electron chi connectivity index (χ0n) is 21.8. The number of fused-ring (bicyclic) bond motifs is 3. The van der Waals surface area contributed by atoms with Crippen LogP contribution in [-0.4, -0.2) is 0 Å². The lowest BCUT2D eigenvalue weighted by molar-refractivity contribution is 1.28. The van der Waals surface area contributed by atoms with Gasteiger partial charge < -0.3 is 4.90 Å². The standard InChI is InChI=1S/C38H26BrN/c39-31-18-24-34(25-19-31)40(32-20-14-28(15-21-32)27-8-2-1-3-9-27)33-22-16-29(17-23-33)38-26-30-10-4-5-11-35(30)36-12-6-7-13-37(36)38/h1-26H. The molecule has 7 aromatic rings. The largest absolute Gasteiger partial charge is 0.311 e. The van der Waals surface area contributed by atoms with E-state index in [1.807, 2.05) is 0 Å². The molecule has 2 heteroatoms. The van der Waals surface area contributed by atoms with E-state index in [1.54, 1.807) is 0 Å². The van der Waals surface area contributed by atoms with E-state index in [0.29, 0.717) is 0 Å². The molecule has 0 heterocycles. The Morgan fingerprint density at radius 3 is 1.50 bits per heavy atom. The van der Waals surface area contributed by atoms with Gasteiger partial charge in [0.25, 0.3) is 0 Å². The highest BCUT2D eigenvalue weighted by Crippen LogP contribution is 2.39. The highest BCUT2D eigenvalue weighted by atomic mass is 79.9. The van der Waals surface area contributed by atoms with Gasteiger partial charge in [-0.15, -0.1) is 0 Å². The summed E-state index contributed by atoms with van der Waals surface area (Å²) >= 11 is 3.60. The molecule has 0 aromatic heterocycles. The molecule has 0 spiro atoms. The third-order valence-corrected chi connectivity index (χ3v) is 8.05. The number of anilines is 3. The average Bonchev–Trinajstić information content (AvgIpc) is 3.03. The van der Waals surface area contributed by atoms with Crippen LogP contribution in [-0.2, 0) is 0 Å². The van der Waals surface area contributed by atoms with Crippen molar-refractivity contribution in [3.8, 4) is 22.3 Å². The van der Waals surface area contributed by atoms with Gasteiger partial charge in [0.05, 0.1) is 0 Å². The first-order valence-electron chi connectivity index (χ1n) is 13.5. The molecule has 0 unspecified atom stereocenters. The quantitative estimate of drug-likeness (QED) is 0.184. The second-order valence-corrected chi connectivity index (χ2v) is 10.9. The van der Waals surface area contributed by atoms with Gasteiger partial charge >= 0.3 is 0 Å². The van der Waals surface area contributed by atoms with Crippen LogP contribution in [0.25, 0.3) is 43.8 Å². The monoisotopic (exact) mass is 575 g/mol. The van der Waals surface area contributed by atoms with E-state index >= 15 is 0 Å². The molecule has 0 saturated heterocycles. The Labute approximate surface area is 243 Å². The molecule has 0 saturated carbocycles. The van der Waals surface area contributed by atoms with Crippen molar-refractivity contribution in [3.05, 3.63) is 162 Å². The molecule has 0 radical (unpaired) electrons. The molecule has 0 N–H and O–H groups in total. The molecule has 0 bridgehead atoms. The van der Waals surface area contributed by atoms with Crippen LogP contribution in [0.15, 0.2) is 162 Å². The molecule has 0 atom stereocenters. The minimum atomic E-state index is 1.06. The fourth-order valence-electron chi connectivity index (χ4n) is 5.55. The maximum Gasteiger partial charge on any atom is 0.0462 e. The summed E-state index contributed by atoms with van der Waals surface area (Å²) in [6, 6.07) is 56.4. The third kappa shape index (κ3) is 4.57. The first-order chi connectivity index (χ1) is 19.7. The van der Waals surface area contributed by atoms with Crippen LogP contribution in [0.2, 0.25) is 0 Å². The van der Waals surface area contributed by atoms with E-state index < -0.39 is 0 Å². The predicted molar refractivity (Wildman–Crippen MR) is 175 cm³/mol. The molecule has 0 fully saturated rings. The van der Waals surface area contributed by atoms with E-state index in [9.17, 15) is 0 Å². The molecular formula is C38H26BrN. The second-order valence-electron chi connectivity index (χ2n) is 9.96. The first-order valence-corrected chi connectivity index (χ1v) is 14.3. The summed E-state index contributed by atoms with van der Waals surface area (Å²) in [7, 11) is 0. The highest BCUT2D eigenvalue weighted by molar-refractivity contribution is 9.10. The minimum absolute atomic E-state index is 1.06. The van der Waals surface area contributed by atoms with Crippen LogP contribution in [0.4, 0.5) is 17.1 Å². The van der Waals surface area contributed by atoms with Crippen molar-refractivity contribution >= 4 is 54.5 Å². The van der Waals surface area contributed by atoms with E-state index in [1.165, 1.54) is 43.8 Å². The van der Waals surface area contributed by atoms with Gasteiger partial charge in [0.2, 0.25) is 0 Å². The van der Waals surface area contributed by atoms with Gasteiger partial charge in [-0.2, -0.15) is 0 Å². The zero-order chi connectivity index (χ0) is 26.9. The summed E-state index contributed by atoms with van der Waals surface area (Å²) in [6.07, 6.45) is 0. The Morgan fingerprint density at radius 1 is 0.375 bits per heavy atom. The maximum atomic E-state index is 3.60. The lowest BCUT2D eigenvalue weighted by Crippen LogP contribution is -2.09. The lowest BCUT2D eigenvalue weighted by Gasteiger charge is -2.26. The number of nitrogens with zero attached hydrogens (tertiary/aromatic N) is 1. The fraction of sp³-hybridized carbons (Fsp3) is 0. The summed E-state index contributed by atoms with van der Waals surface area (Å²) in [5.41, 5.74) is 8.23. The van der Waals surface area contributed by atoms with Gasteiger partial charge in [0, 0.05) is 21.5 Å². The summed E-state index contributed by atoms with van der Waals surface area (Å²) in [5, 5.41) is 5.11. The number of hydrogen-bond donors (Lipinski definition) is 0. The Balaban J connectivity index is 1.31. The molecule has 0 aliphatic rings. The van der Waals surface area contributed by atoms with Gasteiger partial charge in [-0.25, -0.2) is 0 Å². The number of halogens is 1. The Hall–Kier alpha value is -4.66.